The van der Waals surface area contributed by atoms with Crippen LogP contribution in [0, 0.1) is 5.92 Å². The molecular formula is C13H23BrN2S. The van der Waals surface area contributed by atoms with Crippen LogP contribution in [-0.4, -0.2) is 31.6 Å². The monoisotopic (exact) mass is 318 g/mol. The molecule has 1 heterocycles. The van der Waals surface area contributed by atoms with Gasteiger partial charge in [0, 0.05) is 33.9 Å². The molecule has 0 aromatic carbocycles. The van der Waals surface area contributed by atoms with Crippen LogP contribution in [0.4, 0.5) is 0 Å². The summed E-state index contributed by atoms with van der Waals surface area (Å²) in [6, 6.07) is 2.77. The third-order valence-corrected chi connectivity index (χ3v) is 4.23. The number of hydrogen-bond donors (Lipinski definition) is 1. The van der Waals surface area contributed by atoms with E-state index < -0.39 is 0 Å². The molecule has 2 nitrogen and oxygen atoms in total. The zero-order valence-electron chi connectivity index (χ0n) is 11.2. The molecule has 1 aromatic heterocycles. The Morgan fingerprint density at radius 3 is 2.59 bits per heavy atom. The smallest absolute Gasteiger partial charge is 0.0303 e. The maximum Gasteiger partial charge on any atom is 0.0303 e. The van der Waals surface area contributed by atoms with Crippen molar-refractivity contribution in [3.63, 3.8) is 0 Å². The third-order valence-electron chi connectivity index (χ3n) is 2.53. The lowest BCUT2D eigenvalue weighted by molar-refractivity contribution is 0.305. The van der Waals surface area contributed by atoms with Crippen molar-refractivity contribution in [3.05, 3.63) is 20.8 Å². The molecule has 17 heavy (non-hydrogen) atoms. The van der Waals surface area contributed by atoms with Gasteiger partial charge in [-0.25, -0.2) is 0 Å². The second-order valence-corrected chi connectivity index (χ2v) is 7.11. The highest BCUT2D eigenvalue weighted by Crippen LogP contribution is 2.19. The molecule has 1 rings (SSSR count). The van der Waals surface area contributed by atoms with Crippen LogP contribution in [0.15, 0.2) is 15.9 Å². The minimum Gasteiger partial charge on any atom is -0.308 e. The zero-order chi connectivity index (χ0) is 12.8. The quantitative estimate of drug-likeness (QED) is 0.826. The molecule has 1 atom stereocenters. The van der Waals surface area contributed by atoms with E-state index in [1.165, 1.54) is 15.8 Å². The van der Waals surface area contributed by atoms with E-state index in [2.05, 4.69) is 65.5 Å². The first-order valence-electron chi connectivity index (χ1n) is 6.08. The number of likely N-dealkylation sites (N-methyl/N-ethyl adjacent to an activating group) is 1. The van der Waals surface area contributed by atoms with Crippen molar-refractivity contribution in [2.24, 2.45) is 5.92 Å². The third kappa shape index (κ3) is 6.55. The van der Waals surface area contributed by atoms with Crippen molar-refractivity contribution in [3.8, 4) is 0 Å². The molecule has 98 valence electrons. The number of hydrogen-bond acceptors (Lipinski definition) is 3. The lowest BCUT2D eigenvalue weighted by Gasteiger charge is -2.23. The molecule has 0 bridgehead atoms. The van der Waals surface area contributed by atoms with Gasteiger partial charge in [-0.1, -0.05) is 13.8 Å². The van der Waals surface area contributed by atoms with Gasteiger partial charge in [0.05, 0.1) is 0 Å². The van der Waals surface area contributed by atoms with Crippen molar-refractivity contribution in [1.29, 1.82) is 0 Å². The average molecular weight is 319 g/mol. The Morgan fingerprint density at radius 1 is 1.41 bits per heavy atom. The van der Waals surface area contributed by atoms with Gasteiger partial charge in [-0.15, -0.1) is 11.3 Å². The standard InChI is InChI=1S/C13H23BrN2S/c1-10(2)5-12(8-16(3)4)15-7-13-6-11(14)9-17-13/h6,9-10,12,15H,5,7-8H2,1-4H3. The Balaban J connectivity index is 2.42. The van der Waals surface area contributed by atoms with Crippen molar-refractivity contribution in [2.45, 2.75) is 32.9 Å². The topological polar surface area (TPSA) is 15.3 Å². The lowest BCUT2D eigenvalue weighted by atomic mass is 10.0. The van der Waals surface area contributed by atoms with E-state index >= 15 is 0 Å². The fourth-order valence-electron chi connectivity index (χ4n) is 1.92. The molecule has 4 heteroatoms. The Labute approximate surface area is 118 Å². The fraction of sp³-hybridized carbons (Fsp3) is 0.692. The van der Waals surface area contributed by atoms with E-state index in [0.29, 0.717) is 6.04 Å². The Bertz CT molecular complexity index is 313. The Hall–Kier alpha value is 0.1000. The minimum atomic E-state index is 0.575. The van der Waals surface area contributed by atoms with Crippen LogP contribution in [0.1, 0.15) is 25.1 Å². The second-order valence-electron chi connectivity index (χ2n) is 5.20. The Kier molecular flexibility index (Phi) is 6.70. The molecule has 0 fully saturated rings. The molecule has 0 aliphatic heterocycles. The summed E-state index contributed by atoms with van der Waals surface area (Å²) in [5.41, 5.74) is 0. The van der Waals surface area contributed by atoms with E-state index in [-0.39, 0.29) is 0 Å². The highest BCUT2D eigenvalue weighted by atomic mass is 79.9. The molecule has 0 spiro atoms. The summed E-state index contributed by atoms with van der Waals surface area (Å²) >= 11 is 5.30. The SMILES string of the molecule is CC(C)CC(CN(C)C)NCc1cc(Br)cs1. The van der Waals surface area contributed by atoms with Gasteiger partial charge in [-0.05, 0) is 48.4 Å². The summed E-state index contributed by atoms with van der Waals surface area (Å²) in [5.74, 6) is 0.738. The van der Waals surface area contributed by atoms with E-state index in [4.69, 9.17) is 0 Å². The number of halogens is 1. The second kappa shape index (κ2) is 7.52. The van der Waals surface area contributed by atoms with Crippen molar-refractivity contribution in [1.82, 2.24) is 10.2 Å². The van der Waals surface area contributed by atoms with Crippen molar-refractivity contribution in [2.75, 3.05) is 20.6 Å². The maximum atomic E-state index is 3.66. The van der Waals surface area contributed by atoms with Gasteiger partial charge in [0.25, 0.3) is 0 Å². The maximum absolute atomic E-state index is 3.66. The summed E-state index contributed by atoms with van der Waals surface area (Å²) in [6.07, 6.45) is 1.23. The fourth-order valence-corrected chi connectivity index (χ4v) is 3.33. The first kappa shape index (κ1) is 15.2. The number of nitrogens with one attached hydrogen (secondary N) is 1. The first-order chi connectivity index (χ1) is 7.97. The van der Waals surface area contributed by atoms with Gasteiger partial charge in [-0.3, -0.25) is 0 Å². The number of nitrogens with zero attached hydrogens (tertiary/aromatic N) is 1. The van der Waals surface area contributed by atoms with Gasteiger partial charge in [0.2, 0.25) is 0 Å². The summed E-state index contributed by atoms with van der Waals surface area (Å²) in [5, 5.41) is 5.80. The highest BCUT2D eigenvalue weighted by molar-refractivity contribution is 9.10. The van der Waals surface area contributed by atoms with Crippen LogP contribution in [0.5, 0.6) is 0 Å². The summed E-state index contributed by atoms with van der Waals surface area (Å²) in [4.78, 5) is 3.65. The van der Waals surface area contributed by atoms with E-state index in [9.17, 15) is 0 Å². The summed E-state index contributed by atoms with van der Waals surface area (Å²) < 4.78 is 1.19. The largest absolute Gasteiger partial charge is 0.308 e. The molecule has 0 aliphatic rings. The molecule has 1 N–H and O–H groups in total. The molecule has 0 radical (unpaired) electrons. The highest BCUT2D eigenvalue weighted by Gasteiger charge is 2.11. The van der Waals surface area contributed by atoms with Crippen LogP contribution in [0.2, 0.25) is 0 Å². The van der Waals surface area contributed by atoms with Gasteiger partial charge in [-0.2, -0.15) is 0 Å². The molecule has 0 saturated carbocycles. The lowest BCUT2D eigenvalue weighted by Crippen LogP contribution is -2.38. The van der Waals surface area contributed by atoms with Crippen molar-refractivity contribution < 1.29 is 0 Å². The van der Waals surface area contributed by atoms with Gasteiger partial charge in [0.15, 0.2) is 0 Å². The number of rotatable bonds is 7. The molecule has 0 saturated heterocycles. The molecular weight excluding hydrogens is 296 g/mol. The number of thiophene rings is 1. The van der Waals surface area contributed by atoms with Crippen LogP contribution < -0.4 is 5.32 Å². The predicted octanol–water partition coefficient (Wildman–Crippen LogP) is 3.58. The van der Waals surface area contributed by atoms with Crippen molar-refractivity contribution >= 4 is 27.3 Å². The van der Waals surface area contributed by atoms with Crippen LogP contribution >= 0.6 is 27.3 Å². The van der Waals surface area contributed by atoms with E-state index in [0.717, 1.165) is 19.0 Å². The zero-order valence-corrected chi connectivity index (χ0v) is 13.6. The molecule has 1 unspecified atom stereocenters. The molecule has 1 aromatic rings. The predicted molar refractivity (Wildman–Crippen MR) is 80.7 cm³/mol. The summed E-state index contributed by atoms with van der Waals surface area (Å²) in [6.45, 7) is 6.64. The van der Waals surface area contributed by atoms with E-state index in [1.54, 1.807) is 11.3 Å². The average Bonchev–Trinajstić information content (AvgIpc) is 2.59. The van der Waals surface area contributed by atoms with E-state index in [1.807, 2.05) is 0 Å². The van der Waals surface area contributed by atoms with Crippen LogP contribution in [-0.2, 0) is 6.54 Å². The van der Waals surface area contributed by atoms with Gasteiger partial charge < -0.3 is 10.2 Å². The van der Waals surface area contributed by atoms with Gasteiger partial charge >= 0.3 is 0 Å². The van der Waals surface area contributed by atoms with Crippen LogP contribution in [0.3, 0.4) is 0 Å². The summed E-state index contributed by atoms with van der Waals surface area (Å²) in [7, 11) is 4.27. The molecule has 0 amide bonds. The van der Waals surface area contributed by atoms with Gasteiger partial charge in [0.1, 0.15) is 0 Å². The minimum absolute atomic E-state index is 0.575. The Morgan fingerprint density at radius 2 is 2.12 bits per heavy atom. The molecule has 0 aliphatic carbocycles. The normalized spacial score (nSPS) is 13.6. The first-order valence-corrected chi connectivity index (χ1v) is 7.75. The van der Waals surface area contributed by atoms with Crippen LogP contribution in [0.25, 0.3) is 0 Å².